The van der Waals surface area contributed by atoms with Gasteiger partial charge in [0, 0.05) is 10.4 Å². The Hall–Kier alpha value is -2.72. The zero-order valence-electron chi connectivity index (χ0n) is 14.3. The maximum Gasteiger partial charge on any atom is 0.195 e. The van der Waals surface area contributed by atoms with Crippen molar-refractivity contribution in [1.82, 2.24) is 0 Å². The summed E-state index contributed by atoms with van der Waals surface area (Å²) in [6.45, 7) is 2.23. The van der Waals surface area contributed by atoms with E-state index in [1.165, 1.54) is 6.07 Å². The van der Waals surface area contributed by atoms with Crippen LogP contribution in [-0.2, 0) is 6.61 Å². The number of fused-ring (bicyclic) bond motifs is 3. The van der Waals surface area contributed by atoms with Gasteiger partial charge in [0.1, 0.15) is 12.4 Å². The van der Waals surface area contributed by atoms with Gasteiger partial charge in [-0.1, -0.05) is 35.9 Å². The van der Waals surface area contributed by atoms with Gasteiger partial charge in [-0.25, -0.2) is 13.2 Å². The fourth-order valence-corrected chi connectivity index (χ4v) is 3.24. The Bertz CT molecular complexity index is 1190. The molecule has 0 aliphatic heterocycles. The Morgan fingerprint density at radius 1 is 0.815 bits per heavy atom. The molecule has 0 N–H and O–H groups in total. The van der Waals surface area contributed by atoms with Gasteiger partial charge in [-0.15, -0.1) is 0 Å². The molecule has 4 aromatic rings. The maximum absolute atomic E-state index is 14.0. The van der Waals surface area contributed by atoms with Gasteiger partial charge in [0.15, 0.2) is 17.5 Å². The average molecular weight is 387 g/mol. The summed E-state index contributed by atoms with van der Waals surface area (Å²) in [5.41, 5.74) is 1.83. The summed E-state index contributed by atoms with van der Waals surface area (Å²) >= 11 is 6.01. The predicted octanol–water partition coefficient (Wildman–Crippen LogP) is 6.95. The van der Waals surface area contributed by atoms with E-state index in [0.717, 1.165) is 22.6 Å². The highest BCUT2D eigenvalue weighted by Crippen LogP contribution is 2.31. The number of benzene rings is 4. The van der Waals surface area contributed by atoms with E-state index in [1.807, 2.05) is 25.1 Å². The quantitative estimate of drug-likeness (QED) is 0.273. The van der Waals surface area contributed by atoms with Gasteiger partial charge in [0.05, 0.1) is 0 Å². The fraction of sp³-hybridized carbons (Fsp3) is 0.0909. The van der Waals surface area contributed by atoms with Crippen molar-refractivity contribution in [1.29, 1.82) is 0 Å². The van der Waals surface area contributed by atoms with Crippen molar-refractivity contribution in [3.8, 4) is 5.75 Å². The van der Waals surface area contributed by atoms with Crippen molar-refractivity contribution in [3.05, 3.63) is 88.2 Å². The Kier molecular flexibility index (Phi) is 4.44. The summed E-state index contributed by atoms with van der Waals surface area (Å²) in [6.07, 6.45) is 0. The van der Waals surface area contributed by atoms with Crippen molar-refractivity contribution in [2.45, 2.75) is 13.5 Å². The van der Waals surface area contributed by atoms with E-state index < -0.39 is 17.5 Å². The van der Waals surface area contributed by atoms with Crippen LogP contribution in [0.25, 0.3) is 21.5 Å². The van der Waals surface area contributed by atoms with Crippen LogP contribution in [0, 0.1) is 24.4 Å². The van der Waals surface area contributed by atoms with Crippen LogP contribution in [0.5, 0.6) is 5.75 Å². The molecule has 1 nitrogen and oxygen atoms in total. The summed E-state index contributed by atoms with van der Waals surface area (Å²) in [5, 5.41) is 2.51. The van der Waals surface area contributed by atoms with Gasteiger partial charge < -0.3 is 4.74 Å². The number of hydrogen-bond donors (Lipinski definition) is 0. The molecule has 0 bridgehead atoms. The number of hydrogen-bond acceptors (Lipinski definition) is 1. The van der Waals surface area contributed by atoms with Crippen LogP contribution < -0.4 is 4.74 Å². The van der Waals surface area contributed by atoms with Crippen molar-refractivity contribution in [2.24, 2.45) is 0 Å². The molecule has 0 saturated heterocycles. The first-order valence-electron chi connectivity index (χ1n) is 8.32. The molecular formula is C22H14ClF3O. The predicted molar refractivity (Wildman–Crippen MR) is 102 cm³/mol. The standard InChI is InChI=1S/C22H14ClF3O/c1-12-8-15(4-7-19(12)23)27-11-13-2-5-16-14(9-13)3-6-17-18(16)10-20(24)22(26)21(17)25/h2-10H,11H2,1H3. The molecule has 4 aromatic carbocycles. The first kappa shape index (κ1) is 17.7. The van der Waals surface area contributed by atoms with Gasteiger partial charge in [-0.2, -0.15) is 0 Å². The summed E-state index contributed by atoms with van der Waals surface area (Å²) in [5.74, 6) is -3.12. The van der Waals surface area contributed by atoms with Gasteiger partial charge >= 0.3 is 0 Å². The van der Waals surface area contributed by atoms with E-state index in [4.69, 9.17) is 16.3 Å². The van der Waals surface area contributed by atoms with Crippen molar-refractivity contribution in [3.63, 3.8) is 0 Å². The smallest absolute Gasteiger partial charge is 0.195 e. The minimum atomic E-state index is -1.45. The molecule has 0 amide bonds. The lowest BCUT2D eigenvalue weighted by Gasteiger charge is -2.10. The molecule has 0 aromatic heterocycles. The van der Waals surface area contributed by atoms with Gasteiger partial charge in [-0.3, -0.25) is 0 Å². The molecule has 0 unspecified atom stereocenters. The molecule has 0 spiro atoms. The summed E-state index contributed by atoms with van der Waals surface area (Å²) in [6, 6.07) is 15.1. The normalized spacial score (nSPS) is 11.3. The largest absolute Gasteiger partial charge is 0.489 e. The van der Waals surface area contributed by atoms with Gasteiger partial charge in [0.2, 0.25) is 0 Å². The van der Waals surface area contributed by atoms with Crippen LogP contribution in [-0.4, -0.2) is 0 Å². The zero-order chi connectivity index (χ0) is 19.1. The molecule has 5 heteroatoms. The minimum absolute atomic E-state index is 0.0574. The second kappa shape index (κ2) is 6.78. The summed E-state index contributed by atoms with van der Waals surface area (Å²) < 4.78 is 46.9. The highest BCUT2D eigenvalue weighted by molar-refractivity contribution is 6.31. The molecule has 0 fully saturated rings. The van der Waals surface area contributed by atoms with Crippen molar-refractivity contribution >= 4 is 33.1 Å². The molecule has 0 aliphatic rings. The lowest BCUT2D eigenvalue weighted by molar-refractivity contribution is 0.306. The van der Waals surface area contributed by atoms with Crippen LogP contribution in [0.15, 0.2) is 54.6 Å². The van der Waals surface area contributed by atoms with Crippen LogP contribution in [0.4, 0.5) is 13.2 Å². The number of halogens is 4. The Balaban J connectivity index is 1.69. The Labute approximate surface area is 158 Å². The third-order valence-electron chi connectivity index (χ3n) is 4.57. The van der Waals surface area contributed by atoms with Crippen LogP contribution in [0.1, 0.15) is 11.1 Å². The topological polar surface area (TPSA) is 9.23 Å². The second-order valence-electron chi connectivity index (χ2n) is 6.40. The Morgan fingerprint density at radius 3 is 2.37 bits per heavy atom. The van der Waals surface area contributed by atoms with Gasteiger partial charge in [-0.05, 0) is 64.5 Å². The SMILES string of the molecule is Cc1cc(OCc2ccc3c(ccc4c(F)c(F)c(F)cc43)c2)ccc1Cl. The fourth-order valence-electron chi connectivity index (χ4n) is 3.13. The molecule has 0 radical (unpaired) electrons. The van der Waals surface area contributed by atoms with Crippen LogP contribution in [0.2, 0.25) is 5.02 Å². The average Bonchev–Trinajstić information content (AvgIpc) is 2.66. The van der Waals surface area contributed by atoms with Gasteiger partial charge in [0.25, 0.3) is 0 Å². The highest BCUT2D eigenvalue weighted by atomic mass is 35.5. The van der Waals surface area contributed by atoms with E-state index in [9.17, 15) is 13.2 Å². The molecule has 0 saturated carbocycles. The number of rotatable bonds is 3. The van der Waals surface area contributed by atoms with E-state index in [2.05, 4.69) is 0 Å². The van der Waals surface area contributed by atoms with E-state index >= 15 is 0 Å². The summed E-state index contributed by atoms with van der Waals surface area (Å²) in [7, 11) is 0. The van der Waals surface area contributed by atoms with Crippen molar-refractivity contribution in [2.75, 3.05) is 0 Å². The maximum atomic E-state index is 14.0. The third kappa shape index (κ3) is 3.21. The Morgan fingerprint density at radius 2 is 1.59 bits per heavy atom. The minimum Gasteiger partial charge on any atom is -0.489 e. The highest BCUT2D eigenvalue weighted by Gasteiger charge is 2.15. The van der Waals surface area contributed by atoms with E-state index in [-0.39, 0.29) is 5.39 Å². The van der Waals surface area contributed by atoms with Crippen LogP contribution >= 0.6 is 11.6 Å². The zero-order valence-corrected chi connectivity index (χ0v) is 15.1. The molecule has 0 atom stereocenters. The number of ether oxygens (including phenoxy) is 1. The van der Waals surface area contributed by atoms with Crippen LogP contribution in [0.3, 0.4) is 0 Å². The molecule has 136 valence electrons. The van der Waals surface area contributed by atoms with E-state index in [0.29, 0.717) is 28.2 Å². The first-order valence-corrected chi connectivity index (χ1v) is 8.69. The molecule has 0 heterocycles. The molecule has 4 rings (SSSR count). The third-order valence-corrected chi connectivity index (χ3v) is 4.99. The monoisotopic (exact) mass is 386 g/mol. The summed E-state index contributed by atoms with van der Waals surface area (Å²) in [4.78, 5) is 0. The lowest BCUT2D eigenvalue weighted by atomic mass is 9.99. The lowest BCUT2D eigenvalue weighted by Crippen LogP contribution is -1.96. The molecule has 27 heavy (non-hydrogen) atoms. The second-order valence-corrected chi connectivity index (χ2v) is 6.81. The molecular weight excluding hydrogens is 373 g/mol. The van der Waals surface area contributed by atoms with E-state index in [1.54, 1.807) is 24.3 Å². The molecule has 0 aliphatic carbocycles. The number of aryl methyl sites for hydroxylation is 1. The first-order chi connectivity index (χ1) is 12.9. The van der Waals surface area contributed by atoms with Crippen molar-refractivity contribution < 1.29 is 17.9 Å².